The van der Waals surface area contributed by atoms with Crippen LogP contribution in [0.3, 0.4) is 0 Å². The van der Waals surface area contributed by atoms with Crippen LogP contribution >= 0.6 is 15.9 Å². The second kappa shape index (κ2) is 9.32. The van der Waals surface area contributed by atoms with Crippen LogP contribution in [0.4, 0.5) is 0 Å². The molecule has 0 spiro atoms. The van der Waals surface area contributed by atoms with Crippen LogP contribution in [0.5, 0.6) is 11.5 Å². The molecule has 1 heterocycles. The van der Waals surface area contributed by atoms with Crippen LogP contribution in [0.25, 0.3) is 11.0 Å². The summed E-state index contributed by atoms with van der Waals surface area (Å²) >= 11 is 3.66. The van der Waals surface area contributed by atoms with Crippen molar-refractivity contribution in [3.63, 3.8) is 0 Å². The molecule has 0 aliphatic heterocycles. The fourth-order valence-corrected chi connectivity index (χ4v) is 3.87. The van der Waals surface area contributed by atoms with Gasteiger partial charge in [0.15, 0.2) is 11.5 Å². The molecule has 0 fully saturated rings. The molecule has 4 rings (SSSR count). The number of ether oxygens (including phenoxy) is 2. The second-order valence-corrected chi connectivity index (χ2v) is 7.99. The third kappa shape index (κ3) is 4.66. The van der Waals surface area contributed by atoms with Crippen LogP contribution in [-0.2, 0) is 19.7 Å². The SMILES string of the molecule is COc1ccc(Br)c(CNCc2nc3ccccc3[nH]2)c1OCc1cccc(C)c1. The second-order valence-electron chi connectivity index (χ2n) is 7.14. The van der Waals surface area contributed by atoms with Crippen molar-refractivity contribution in [3.05, 3.63) is 87.7 Å². The molecule has 0 unspecified atom stereocenters. The molecule has 0 bridgehead atoms. The van der Waals surface area contributed by atoms with Gasteiger partial charge in [0.2, 0.25) is 0 Å². The molecule has 0 aliphatic carbocycles. The van der Waals surface area contributed by atoms with Crippen LogP contribution in [0.2, 0.25) is 0 Å². The summed E-state index contributed by atoms with van der Waals surface area (Å²) < 4.78 is 12.8. The van der Waals surface area contributed by atoms with E-state index in [0.29, 0.717) is 25.4 Å². The lowest BCUT2D eigenvalue weighted by Crippen LogP contribution is -2.15. The van der Waals surface area contributed by atoms with Crippen molar-refractivity contribution >= 4 is 27.0 Å². The molecular weight excluding hydrogens is 442 g/mol. The Morgan fingerprint density at radius 1 is 1.03 bits per heavy atom. The Balaban J connectivity index is 1.49. The topological polar surface area (TPSA) is 59.2 Å². The van der Waals surface area contributed by atoms with E-state index in [-0.39, 0.29) is 0 Å². The highest BCUT2D eigenvalue weighted by molar-refractivity contribution is 9.10. The number of rotatable bonds is 8. The Bertz CT molecular complexity index is 1120. The summed E-state index contributed by atoms with van der Waals surface area (Å²) in [6, 6.07) is 20.2. The van der Waals surface area contributed by atoms with E-state index >= 15 is 0 Å². The van der Waals surface area contributed by atoms with Gasteiger partial charge in [0.25, 0.3) is 0 Å². The molecule has 3 aromatic carbocycles. The quantitative estimate of drug-likeness (QED) is 0.360. The first-order valence-electron chi connectivity index (χ1n) is 9.82. The van der Waals surface area contributed by atoms with Gasteiger partial charge in [-0.1, -0.05) is 57.9 Å². The van der Waals surface area contributed by atoms with Crippen molar-refractivity contribution in [1.29, 1.82) is 0 Å². The maximum Gasteiger partial charge on any atom is 0.167 e. The zero-order valence-electron chi connectivity index (χ0n) is 17.0. The zero-order chi connectivity index (χ0) is 20.9. The summed E-state index contributed by atoms with van der Waals surface area (Å²) in [6.07, 6.45) is 0. The van der Waals surface area contributed by atoms with Gasteiger partial charge in [0.1, 0.15) is 12.4 Å². The van der Waals surface area contributed by atoms with Crippen LogP contribution in [0.15, 0.2) is 65.1 Å². The van der Waals surface area contributed by atoms with Crippen molar-refractivity contribution in [2.45, 2.75) is 26.6 Å². The van der Waals surface area contributed by atoms with Gasteiger partial charge in [0.05, 0.1) is 24.7 Å². The summed E-state index contributed by atoms with van der Waals surface area (Å²) in [4.78, 5) is 7.97. The number of aryl methyl sites for hydroxylation is 1. The Morgan fingerprint density at radius 2 is 1.90 bits per heavy atom. The van der Waals surface area contributed by atoms with Gasteiger partial charge in [-0.2, -0.15) is 0 Å². The van der Waals surface area contributed by atoms with E-state index < -0.39 is 0 Å². The molecule has 0 radical (unpaired) electrons. The van der Waals surface area contributed by atoms with E-state index in [2.05, 4.69) is 56.3 Å². The third-order valence-corrected chi connectivity index (χ3v) is 5.63. The average Bonchev–Trinajstić information content (AvgIpc) is 3.16. The van der Waals surface area contributed by atoms with Crippen molar-refractivity contribution in [1.82, 2.24) is 15.3 Å². The average molecular weight is 466 g/mol. The van der Waals surface area contributed by atoms with Crippen LogP contribution < -0.4 is 14.8 Å². The molecule has 2 N–H and O–H groups in total. The van der Waals surface area contributed by atoms with Crippen molar-refractivity contribution in [2.75, 3.05) is 7.11 Å². The molecule has 1 aromatic heterocycles. The van der Waals surface area contributed by atoms with Gasteiger partial charge in [-0.05, 0) is 36.8 Å². The normalized spacial score (nSPS) is 11.0. The minimum absolute atomic E-state index is 0.477. The summed E-state index contributed by atoms with van der Waals surface area (Å²) in [5.74, 6) is 2.36. The Morgan fingerprint density at radius 3 is 2.70 bits per heavy atom. The van der Waals surface area contributed by atoms with Gasteiger partial charge >= 0.3 is 0 Å². The lowest BCUT2D eigenvalue weighted by Gasteiger charge is -2.17. The number of hydrogen-bond acceptors (Lipinski definition) is 4. The first kappa shape index (κ1) is 20.4. The van der Waals surface area contributed by atoms with Crippen LogP contribution in [-0.4, -0.2) is 17.1 Å². The predicted octanol–water partition coefficient (Wildman–Crippen LogP) is 5.51. The molecule has 0 amide bonds. The van der Waals surface area contributed by atoms with Crippen molar-refractivity contribution < 1.29 is 9.47 Å². The van der Waals surface area contributed by atoms with Crippen LogP contribution in [0, 0.1) is 6.92 Å². The van der Waals surface area contributed by atoms with Gasteiger partial charge in [-0.15, -0.1) is 0 Å². The number of hydrogen-bond donors (Lipinski definition) is 2. The minimum Gasteiger partial charge on any atom is -0.493 e. The lowest BCUT2D eigenvalue weighted by molar-refractivity contribution is 0.280. The highest BCUT2D eigenvalue weighted by Gasteiger charge is 2.15. The summed E-state index contributed by atoms with van der Waals surface area (Å²) in [5.41, 5.74) is 5.36. The Hall–Kier alpha value is -2.83. The highest BCUT2D eigenvalue weighted by Crippen LogP contribution is 2.37. The number of methoxy groups -OCH3 is 1. The molecule has 30 heavy (non-hydrogen) atoms. The smallest absolute Gasteiger partial charge is 0.167 e. The van der Waals surface area contributed by atoms with E-state index in [1.54, 1.807) is 7.11 Å². The molecule has 154 valence electrons. The molecule has 0 saturated heterocycles. The number of imidazole rings is 1. The van der Waals surface area contributed by atoms with Gasteiger partial charge < -0.3 is 19.8 Å². The van der Waals surface area contributed by atoms with Gasteiger partial charge in [-0.25, -0.2) is 4.98 Å². The standard InChI is InChI=1S/C24H24BrN3O2/c1-16-6-5-7-17(12-16)15-30-24-18(19(25)10-11-22(24)29-2)13-26-14-23-27-20-8-3-4-9-21(20)28-23/h3-12,26H,13-15H2,1-2H3,(H,27,28). The van der Waals surface area contributed by atoms with E-state index in [1.165, 1.54) is 5.56 Å². The molecule has 0 saturated carbocycles. The van der Waals surface area contributed by atoms with E-state index in [0.717, 1.165) is 38.2 Å². The Labute approximate surface area is 184 Å². The largest absolute Gasteiger partial charge is 0.493 e. The summed E-state index contributed by atoms with van der Waals surface area (Å²) in [6.45, 7) is 3.79. The molecule has 6 heteroatoms. The van der Waals surface area contributed by atoms with E-state index in [4.69, 9.17) is 9.47 Å². The van der Waals surface area contributed by atoms with E-state index in [9.17, 15) is 0 Å². The van der Waals surface area contributed by atoms with Gasteiger partial charge in [0, 0.05) is 16.6 Å². The van der Waals surface area contributed by atoms with Crippen molar-refractivity contribution in [3.8, 4) is 11.5 Å². The summed E-state index contributed by atoms with van der Waals surface area (Å²) in [5, 5.41) is 3.46. The predicted molar refractivity (Wildman–Crippen MR) is 123 cm³/mol. The van der Waals surface area contributed by atoms with E-state index in [1.807, 2.05) is 42.5 Å². The number of para-hydroxylation sites is 2. The number of nitrogens with zero attached hydrogens (tertiary/aromatic N) is 1. The Kier molecular flexibility index (Phi) is 6.35. The molecule has 4 aromatic rings. The number of H-pyrrole nitrogens is 1. The minimum atomic E-state index is 0.477. The molecule has 5 nitrogen and oxygen atoms in total. The number of aromatic nitrogens is 2. The molecular formula is C24H24BrN3O2. The number of benzene rings is 3. The monoisotopic (exact) mass is 465 g/mol. The maximum atomic E-state index is 6.21. The fraction of sp³-hybridized carbons (Fsp3) is 0.208. The summed E-state index contributed by atoms with van der Waals surface area (Å²) in [7, 11) is 1.66. The first-order chi connectivity index (χ1) is 14.6. The first-order valence-corrected chi connectivity index (χ1v) is 10.6. The highest BCUT2D eigenvalue weighted by atomic mass is 79.9. The fourth-order valence-electron chi connectivity index (χ4n) is 3.42. The number of aromatic amines is 1. The third-order valence-electron chi connectivity index (χ3n) is 4.89. The molecule has 0 aliphatic rings. The van der Waals surface area contributed by atoms with Crippen LogP contribution in [0.1, 0.15) is 22.5 Å². The molecule has 0 atom stereocenters. The number of nitrogens with one attached hydrogen (secondary N) is 2. The zero-order valence-corrected chi connectivity index (χ0v) is 18.6. The lowest BCUT2D eigenvalue weighted by atomic mass is 10.1. The number of fused-ring (bicyclic) bond motifs is 1. The maximum absolute atomic E-state index is 6.21. The van der Waals surface area contributed by atoms with Gasteiger partial charge in [-0.3, -0.25) is 0 Å². The van der Waals surface area contributed by atoms with Crippen molar-refractivity contribution in [2.24, 2.45) is 0 Å². The number of halogens is 1.